The molecule has 1 heterocycles. The number of ether oxygens (including phenoxy) is 1. The van der Waals surface area contributed by atoms with Gasteiger partial charge < -0.3 is 15.0 Å². The van der Waals surface area contributed by atoms with Crippen LogP contribution in [0.25, 0.3) is 0 Å². The number of rotatable bonds is 3. The fourth-order valence-corrected chi connectivity index (χ4v) is 2.31. The van der Waals surface area contributed by atoms with E-state index in [1.54, 1.807) is 11.8 Å². The second-order valence-electron chi connectivity index (χ2n) is 5.01. The zero-order chi connectivity index (χ0) is 14.4. The summed E-state index contributed by atoms with van der Waals surface area (Å²) in [6.07, 6.45) is 1.36. The summed E-state index contributed by atoms with van der Waals surface area (Å²) in [4.78, 5) is 24.8. The molecule has 0 aromatic heterocycles. The molecule has 0 radical (unpaired) electrons. The number of likely N-dealkylation sites (tertiary alicyclic amines) is 1. The fourth-order valence-electron chi connectivity index (χ4n) is 2.31. The van der Waals surface area contributed by atoms with Crippen molar-refractivity contribution >= 4 is 12.0 Å². The first-order chi connectivity index (χ1) is 9.65. The van der Waals surface area contributed by atoms with E-state index in [2.05, 4.69) is 5.32 Å². The molecule has 0 spiro atoms. The van der Waals surface area contributed by atoms with Gasteiger partial charge in [-0.3, -0.25) is 4.79 Å². The van der Waals surface area contributed by atoms with Gasteiger partial charge in [-0.1, -0.05) is 30.3 Å². The highest BCUT2D eigenvalue weighted by atomic mass is 16.5. The number of piperidine rings is 1. The fraction of sp³-hybridized carbons (Fsp3) is 0.467. The van der Waals surface area contributed by atoms with Crippen molar-refractivity contribution in [3.8, 4) is 0 Å². The van der Waals surface area contributed by atoms with E-state index in [9.17, 15) is 9.59 Å². The molecule has 0 aliphatic carbocycles. The van der Waals surface area contributed by atoms with Gasteiger partial charge in [0.1, 0.15) is 6.61 Å². The summed E-state index contributed by atoms with van der Waals surface area (Å²) < 4.78 is 5.17. The molecule has 1 fully saturated rings. The van der Waals surface area contributed by atoms with Gasteiger partial charge in [-0.15, -0.1) is 0 Å². The summed E-state index contributed by atoms with van der Waals surface area (Å²) >= 11 is 0. The first kappa shape index (κ1) is 14.4. The summed E-state index contributed by atoms with van der Waals surface area (Å²) in [6, 6.07) is 9.53. The quantitative estimate of drug-likeness (QED) is 0.917. The van der Waals surface area contributed by atoms with Crippen LogP contribution in [0.1, 0.15) is 25.3 Å². The topological polar surface area (TPSA) is 58.6 Å². The Morgan fingerprint density at radius 3 is 2.80 bits per heavy atom. The average molecular weight is 276 g/mol. The number of nitrogens with one attached hydrogen (secondary N) is 1. The number of alkyl carbamates (subject to hydrolysis) is 1. The number of hydrogen-bond acceptors (Lipinski definition) is 3. The number of hydrogen-bond donors (Lipinski definition) is 1. The van der Waals surface area contributed by atoms with Gasteiger partial charge in [0, 0.05) is 26.1 Å². The van der Waals surface area contributed by atoms with Crippen molar-refractivity contribution in [3.63, 3.8) is 0 Å². The zero-order valence-electron chi connectivity index (χ0n) is 11.7. The Morgan fingerprint density at radius 2 is 2.10 bits per heavy atom. The highest BCUT2D eigenvalue weighted by Gasteiger charge is 2.23. The van der Waals surface area contributed by atoms with Gasteiger partial charge >= 0.3 is 6.09 Å². The lowest BCUT2D eigenvalue weighted by Crippen LogP contribution is -2.49. The van der Waals surface area contributed by atoms with Crippen molar-refractivity contribution in [1.29, 1.82) is 0 Å². The minimum absolute atomic E-state index is 0.0177. The lowest BCUT2D eigenvalue weighted by molar-refractivity contribution is -0.130. The second-order valence-corrected chi connectivity index (χ2v) is 5.01. The normalized spacial score (nSPS) is 18.4. The SMILES string of the molecule is CC(=O)N1CCCC(NC(=O)OCc2ccccc2)C1. The molecule has 1 atom stereocenters. The molecule has 1 aliphatic rings. The zero-order valence-corrected chi connectivity index (χ0v) is 11.7. The molecular weight excluding hydrogens is 256 g/mol. The maximum absolute atomic E-state index is 11.7. The number of amides is 2. The Kier molecular flexibility index (Phi) is 4.98. The van der Waals surface area contributed by atoms with Crippen molar-refractivity contribution in [3.05, 3.63) is 35.9 Å². The van der Waals surface area contributed by atoms with Crippen LogP contribution in [0.5, 0.6) is 0 Å². The first-order valence-corrected chi connectivity index (χ1v) is 6.88. The van der Waals surface area contributed by atoms with E-state index in [0.717, 1.165) is 24.9 Å². The summed E-state index contributed by atoms with van der Waals surface area (Å²) in [5.41, 5.74) is 0.955. The highest BCUT2D eigenvalue weighted by Crippen LogP contribution is 2.10. The monoisotopic (exact) mass is 276 g/mol. The lowest BCUT2D eigenvalue weighted by atomic mass is 10.1. The Labute approximate surface area is 118 Å². The van der Waals surface area contributed by atoms with Gasteiger partial charge in [0.25, 0.3) is 0 Å². The van der Waals surface area contributed by atoms with Gasteiger partial charge in [0.2, 0.25) is 5.91 Å². The first-order valence-electron chi connectivity index (χ1n) is 6.88. The van der Waals surface area contributed by atoms with Crippen LogP contribution in [0.4, 0.5) is 4.79 Å². The molecular formula is C15H20N2O3. The Balaban J connectivity index is 1.75. The Bertz CT molecular complexity index is 461. The van der Waals surface area contributed by atoms with Crippen LogP contribution >= 0.6 is 0 Å². The molecule has 2 rings (SSSR count). The van der Waals surface area contributed by atoms with Crippen LogP contribution in [-0.4, -0.2) is 36.0 Å². The van der Waals surface area contributed by atoms with E-state index >= 15 is 0 Å². The summed E-state index contributed by atoms with van der Waals surface area (Å²) in [5.74, 6) is 0.0501. The smallest absolute Gasteiger partial charge is 0.407 e. The van der Waals surface area contributed by atoms with Crippen molar-refractivity contribution in [2.75, 3.05) is 13.1 Å². The molecule has 1 saturated heterocycles. The molecule has 0 bridgehead atoms. The van der Waals surface area contributed by atoms with Gasteiger partial charge in [0.15, 0.2) is 0 Å². The maximum atomic E-state index is 11.7. The predicted octanol–water partition coefficient (Wildman–Crippen LogP) is 1.92. The van der Waals surface area contributed by atoms with Crippen LogP contribution in [0.3, 0.4) is 0 Å². The molecule has 1 unspecified atom stereocenters. The van der Waals surface area contributed by atoms with Gasteiger partial charge in [0.05, 0.1) is 0 Å². The van der Waals surface area contributed by atoms with E-state index < -0.39 is 6.09 Å². The number of carbonyl (C=O) groups is 2. The van der Waals surface area contributed by atoms with E-state index in [-0.39, 0.29) is 18.6 Å². The summed E-state index contributed by atoms with van der Waals surface area (Å²) in [6.45, 7) is 3.15. The molecule has 5 nitrogen and oxygen atoms in total. The number of benzene rings is 1. The predicted molar refractivity (Wildman–Crippen MR) is 75.0 cm³/mol. The summed E-state index contributed by atoms with van der Waals surface area (Å²) in [7, 11) is 0. The molecule has 20 heavy (non-hydrogen) atoms. The molecule has 5 heteroatoms. The molecule has 1 aliphatic heterocycles. The van der Waals surface area contributed by atoms with Crippen molar-refractivity contribution in [2.45, 2.75) is 32.4 Å². The van der Waals surface area contributed by atoms with E-state index in [1.807, 2.05) is 30.3 Å². The van der Waals surface area contributed by atoms with E-state index in [4.69, 9.17) is 4.74 Å². The van der Waals surface area contributed by atoms with Crippen LogP contribution in [0, 0.1) is 0 Å². The minimum Gasteiger partial charge on any atom is -0.445 e. The van der Waals surface area contributed by atoms with Gasteiger partial charge in [-0.2, -0.15) is 0 Å². The van der Waals surface area contributed by atoms with Crippen LogP contribution in [0.15, 0.2) is 30.3 Å². The van der Waals surface area contributed by atoms with Crippen molar-refractivity contribution in [1.82, 2.24) is 10.2 Å². The molecule has 108 valence electrons. The minimum atomic E-state index is -0.427. The van der Waals surface area contributed by atoms with Crippen LogP contribution in [-0.2, 0) is 16.1 Å². The van der Waals surface area contributed by atoms with Gasteiger partial charge in [-0.25, -0.2) is 4.79 Å². The Hall–Kier alpha value is -2.04. The standard InChI is InChI=1S/C15H20N2O3/c1-12(18)17-9-5-8-14(10-17)16-15(19)20-11-13-6-3-2-4-7-13/h2-4,6-7,14H,5,8-11H2,1H3,(H,16,19). The number of carbonyl (C=O) groups excluding carboxylic acids is 2. The number of nitrogens with zero attached hydrogens (tertiary/aromatic N) is 1. The molecule has 1 aromatic rings. The third-order valence-electron chi connectivity index (χ3n) is 3.40. The van der Waals surface area contributed by atoms with Crippen molar-refractivity contribution < 1.29 is 14.3 Å². The summed E-state index contributed by atoms with van der Waals surface area (Å²) in [5, 5.41) is 2.82. The highest BCUT2D eigenvalue weighted by molar-refractivity contribution is 5.73. The van der Waals surface area contributed by atoms with E-state index in [0.29, 0.717) is 6.54 Å². The molecule has 1 aromatic carbocycles. The molecule has 2 amide bonds. The lowest BCUT2D eigenvalue weighted by Gasteiger charge is -2.32. The van der Waals surface area contributed by atoms with Crippen LogP contribution < -0.4 is 5.32 Å². The third-order valence-corrected chi connectivity index (χ3v) is 3.40. The second kappa shape index (κ2) is 6.93. The maximum Gasteiger partial charge on any atom is 0.407 e. The Morgan fingerprint density at radius 1 is 1.35 bits per heavy atom. The largest absolute Gasteiger partial charge is 0.445 e. The van der Waals surface area contributed by atoms with Crippen LogP contribution in [0.2, 0.25) is 0 Å². The van der Waals surface area contributed by atoms with Gasteiger partial charge in [-0.05, 0) is 18.4 Å². The third kappa shape index (κ3) is 4.26. The van der Waals surface area contributed by atoms with E-state index in [1.165, 1.54) is 0 Å². The molecule has 1 N–H and O–H groups in total. The van der Waals surface area contributed by atoms with Crippen molar-refractivity contribution in [2.24, 2.45) is 0 Å². The average Bonchev–Trinajstić information content (AvgIpc) is 2.46. The molecule has 0 saturated carbocycles.